The number of anilines is 1. The summed E-state index contributed by atoms with van der Waals surface area (Å²) in [6, 6.07) is 4.15. The average molecular weight is 268 g/mol. The number of hydrogen-bond donors (Lipinski definition) is 1. The zero-order valence-electron chi connectivity index (χ0n) is 7.62. The standard InChI is InChI=1S/C8H7Cl2NO3S/c1-5(12)11-8-6(9)3-2-4-7(8)15(10,13)14/h2-4H,1H3,(H,11,12). The molecule has 0 aliphatic heterocycles. The lowest BCUT2D eigenvalue weighted by Gasteiger charge is -2.08. The van der Waals surface area contributed by atoms with Gasteiger partial charge in [0.25, 0.3) is 9.05 Å². The number of halogens is 2. The minimum atomic E-state index is -3.93. The maximum Gasteiger partial charge on any atom is 0.263 e. The number of nitrogens with one attached hydrogen (secondary N) is 1. The molecule has 0 spiro atoms. The summed E-state index contributed by atoms with van der Waals surface area (Å²) in [5.74, 6) is -0.426. The Morgan fingerprint density at radius 3 is 2.47 bits per heavy atom. The van der Waals surface area contributed by atoms with E-state index >= 15 is 0 Å². The van der Waals surface area contributed by atoms with E-state index in [0.717, 1.165) is 0 Å². The van der Waals surface area contributed by atoms with Crippen molar-refractivity contribution in [3.63, 3.8) is 0 Å². The van der Waals surface area contributed by atoms with Crippen LogP contribution in [0.4, 0.5) is 5.69 Å². The summed E-state index contributed by atoms with van der Waals surface area (Å²) in [4.78, 5) is 10.6. The molecule has 1 rings (SSSR count). The van der Waals surface area contributed by atoms with E-state index in [4.69, 9.17) is 22.3 Å². The Hall–Kier alpha value is -0.780. The van der Waals surface area contributed by atoms with Gasteiger partial charge in [-0.3, -0.25) is 4.79 Å². The van der Waals surface area contributed by atoms with E-state index in [9.17, 15) is 13.2 Å². The highest BCUT2D eigenvalue weighted by molar-refractivity contribution is 8.13. The maximum absolute atomic E-state index is 11.1. The number of carbonyl (C=O) groups excluding carboxylic acids is 1. The summed E-state index contributed by atoms with van der Waals surface area (Å²) < 4.78 is 22.3. The first-order valence-corrected chi connectivity index (χ1v) is 6.52. The molecule has 0 aliphatic rings. The molecule has 0 saturated heterocycles. The quantitative estimate of drug-likeness (QED) is 0.836. The molecule has 0 atom stereocenters. The fourth-order valence-corrected chi connectivity index (χ4v) is 2.31. The Labute approximate surface area is 96.6 Å². The Morgan fingerprint density at radius 2 is 2.00 bits per heavy atom. The average Bonchev–Trinajstić information content (AvgIpc) is 2.05. The van der Waals surface area contributed by atoms with Crippen molar-refractivity contribution in [1.82, 2.24) is 0 Å². The smallest absolute Gasteiger partial charge is 0.263 e. The van der Waals surface area contributed by atoms with Crippen molar-refractivity contribution in [2.75, 3.05) is 5.32 Å². The summed E-state index contributed by atoms with van der Waals surface area (Å²) in [5, 5.41) is 2.43. The molecule has 0 bridgehead atoms. The van der Waals surface area contributed by atoms with Crippen molar-refractivity contribution in [2.24, 2.45) is 0 Å². The van der Waals surface area contributed by atoms with Crippen LogP contribution in [0.15, 0.2) is 23.1 Å². The van der Waals surface area contributed by atoms with Crippen molar-refractivity contribution >= 4 is 42.9 Å². The molecule has 4 nitrogen and oxygen atoms in total. The van der Waals surface area contributed by atoms with E-state index in [1.807, 2.05) is 0 Å². The summed E-state index contributed by atoms with van der Waals surface area (Å²) in [5.41, 5.74) is 0.00154. The minimum absolute atomic E-state index is 0.00154. The lowest BCUT2D eigenvalue weighted by Crippen LogP contribution is -2.09. The third-order valence-corrected chi connectivity index (χ3v) is 3.22. The molecule has 0 aromatic heterocycles. The second kappa shape index (κ2) is 4.38. The minimum Gasteiger partial charge on any atom is -0.324 e. The molecule has 0 aliphatic carbocycles. The van der Waals surface area contributed by atoms with Crippen LogP contribution in [0.2, 0.25) is 5.02 Å². The zero-order valence-corrected chi connectivity index (χ0v) is 9.95. The molecule has 7 heteroatoms. The van der Waals surface area contributed by atoms with Gasteiger partial charge in [-0.25, -0.2) is 8.42 Å². The molecule has 0 fully saturated rings. The van der Waals surface area contributed by atoms with E-state index < -0.39 is 15.0 Å². The number of amides is 1. The first-order chi connectivity index (χ1) is 6.82. The van der Waals surface area contributed by atoms with Crippen molar-refractivity contribution in [3.05, 3.63) is 23.2 Å². The maximum atomic E-state index is 11.1. The number of benzene rings is 1. The third-order valence-electron chi connectivity index (χ3n) is 1.54. The van der Waals surface area contributed by atoms with Crippen molar-refractivity contribution in [2.45, 2.75) is 11.8 Å². The molecule has 0 radical (unpaired) electrons. The summed E-state index contributed by atoms with van der Waals surface area (Å²) in [6.07, 6.45) is 0. The second-order valence-corrected chi connectivity index (χ2v) is 5.67. The van der Waals surface area contributed by atoms with Gasteiger partial charge < -0.3 is 5.32 Å². The van der Waals surface area contributed by atoms with Crippen molar-refractivity contribution < 1.29 is 13.2 Å². The van der Waals surface area contributed by atoms with Crippen LogP contribution in [0.25, 0.3) is 0 Å². The Balaban J connectivity index is 3.40. The fraction of sp³-hybridized carbons (Fsp3) is 0.125. The Morgan fingerprint density at radius 1 is 1.40 bits per heavy atom. The van der Waals surface area contributed by atoms with Gasteiger partial charge >= 0.3 is 0 Å². The van der Waals surface area contributed by atoms with Gasteiger partial charge in [0.15, 0.2) is 0 Å². The lowest BCUT2D eigenvalue weighted by atomic mass is 10.3. The first-order valence-electron chi connectivity index (χ1n) is 3.83. The molecule has 1 amide bonds. The normalized spacial score (nSPS) is 11.1. The fourth-order valence-electron chi connectivity index (χ4n) is 1.00. The number of para-hydroxylation sites is 1. The predicted octanol–water partition coefficient (Wildman–Crippen LogP) is 2.23. The lowest BCUT2D eigenvalue weighted by molar-refractivity contribution is -0.114. The Bertz CT molecular complexity index is 499. The van der Waals surface area contributed by atoms with Gasteiger partial charge in [-0.05, 0) is 12.1 Å². The molecule has 15 heavy (non-hydrogen) atoms. The zero-order chi connectivity index (χ0) is 11.6. The van der Waals surface area contributed by atoms with Crippen molar-refractivity contribution in [1.29, 1.82) is 0 Å². The third kappa shape index (κ3) is 3.09. The molecule has 0 saturated carbocycles. The van der Waals surface area contributed by atoms with Crippen LogP contribution >= 0.6 is 22.3 Å². The van der Waals surface area contributed by atoms with Crippen LogP contribution < -0.4 is 5.32 Å². The monoisotopic (exact) mass is 267 g/mol. The predicted molar refractivity (Wildman–Crippen MR) is 58.8 cm³/mol. The van der Waals surface area contributed by atoms with Crippen LogP contribution in [-0.2, 0) is 13.8 Å². The number of rotatable bonds is 2. The molecule has 1 aromatic rings. The van der Waals surface area contributed by atoms with E-state index in [0.29, 0.717) is 0 Å². The van der Waals surface area contributed by atoms with E-state index in [1.54, 1.807) is 0 Å². The molecular weight excluding hydrogens is 261 g/mol. The molecule has 1 aromatic carbocycles. The second-order valence-electron chi connectivity index (χ2n) is 2.73. The van der Waals surface area contributed by atoms with Crippen LogP contribution in [0.1, 0.15) is 6.92 Å². The molecule has 0 unspecified atom stereocenters. The topological polar surface area (TPSA) is 63.2 Å². The summed E-state index contributed by atoms with van der Waals surface area (Å²) >= 11 is 5.74. The van der Waals surface area contributed by atoms with Crippen LogP contribution in [0, 0.1) is 0 Å². The first kappa shape index (κ1) is 12.3. The SMILES string of the molecule is CC(=O)Nc1c(Cl)cccc1S(=O)(=O)Cl. The van der Waals surface area contributed by atoms with Gasteiger partial charge in [-0.2, -0.15) is 0 Å². The van der Waals surface area contributed by atoms with Gasteiger partial charge in [-0.1, -0.05) is 17.7 Å². The molecule has 1 N–H and O–H groups in total. The molecule has 82 valence electrons. The van der Waals surface area contributed by atoms with Crippen LogP contribution in [-0.4, -0.2) is 14.3 Å². The van der Waals surface area contributed by atoms with E-state index in [2.05, 4.69) is 5.32 Å². The molecule has 0 heterocycles. The number of hydrogen-bond acceptors (Lipinski definition) is 3. The van der Waals surface area contributed by atoms with Gasteiger partial charge in [0.05, 0.1) is 10.7 Å². The molecular formula is C8H7Cl2NO3S. The van der Waals surface area contributed by atoms with Crippen LogP contribution in [0.3, 0.4) is 0 Å². The summed E-state index contributed by atoms with van der Waals surface area (Å²) in [7, 11) is 1.25. The highest BCUT2D eigenvalue weighted by Gasteiger charge is 2.18. The number of carbonyl (C=O) groups is 1. The van der Waals surface area contributed by atoms with E-state index in [1.165, 1.54) is 25.1 Å². The van der Waals surface area contributed by atoms with Gasteiger partial charge in [0.2, 0.25) is 5.91 Å². The van der Waals surface area contributed by atoms with E-state index in [-0.39, 0.29) is 15.6 Å². The van der Waals surface area contributed by atoms with Gasteiger partial charge in [0.1, 0.15) is 4.90 Å². The largest absolute Gasteiger partial charge is 0.324 e. The highest BCUT2D eigenvalue weighted by atomic mass is 35.7. The highest BCUT2D eigenvalue weighted by Crippen LogP contribution is 2.31. The van der Waals surface area contributed by atoms with Gasteiger partial charge in [-0.15, -0.1) is 0 Å². The van der Waals surface area contributed by atoms with Gasteiger partial charge in [0, 0.05) is 17.6 Å². The summed E-state index contributed by atoms with van der Waals surface area (Å²) in [6.45, 7) is 1.24. The van der Waals surface area contributed by atoms with Crippen LogP contribution in [0.5, 0.6) is 0 Å². The van der Waals surface area contributed by atoms with Crippen molar-refractivity contribution in [3.8, 4) is 0 Å². The Kier molecular flexibility index (Phi) is 3.59.